The van der Waals surface area contributed by atoms with Crippen LogP contribution in [0.15, 0.2) is 0 Å². The second kappa shape index (κ2) is 6.46. The smallest absolute Gasteiger partial charge is 0.241 e. The van der Waals surface area contributed by atoms with Crippen LogP contribution in [0, 0.1) is 11.3 Å². The van der Waals surface area contributed by atoms with Crippen molar-refractivity contribution in [2.45, 2.75) is 18.9 Å². The first kappa shape index (κ1) is 12.9. The number of likely N-dealkylation sites (N-methyl/N-ethyl adjacent to an activating group) is 1. The summed E-state index contributed by atoms with van der Waals surface area (Å²) in [6.45, 7) is 2.79. The van der Waals surface area contributed by atoms with Crippen molar-refractivity contribution in [2.24, 2.45) is 0 Å². The van der Waals surface area contributed by atoms with Crippen molar-refractivity contribution in [2.75, 3.05) is 40.4 Å². The first-order valence-corrected chi connectivity index (χ1v) is 5.55. The van der Waals surface area contributed by atoms with Crippen molar-refractivity contribution >= 4 is 5.91 Å². The minimum Gasteiger partial charge on any atom is -0.383 e. The van der Waals surface area contributed by atoms with E-state index in [1.165, 1.54) is 0 Å². The van der Waals surface area contributed by atoms with Gasteiger partial charge in [0.25, 0.3) is 0 Å². The molecule has 5 heteroatoms. The molecule has 5 nitrogen and oxygen atoms in total. The van der Waals surface area contributed by atoms with E-state index < -0.39 is 0 Å². The van der Waals surface area contributed by atoms with Gasteiger partial charge in [-0.15, -0.1) is 0 Å². The molecule has 1 saturated heterocycles. The van der Waals surface area contributed by atoms with E-state index in [1.807, 2.05) is 11.9 Å². The third-order valence-electron chi connectivity index (χ3n) is 2.92. The van der Waals surface area contributed by atoms with Gasteiger partial charge in [-0.3, -0.25) is 9.69 Å². The van der Waals surface area contributed by atoms with Crippen molar-refractivity contribution in [3.05, 3.63) is 0 Å². The number of amides is 1. The molecule has 0 aromatic heterocycles. The highest BCUT2D eigenvalue weighted by Crippen LogP contribution is 2.12. The number of hydrogen-bond donors (Lipinski definition) is 0. The summed E-state index contributed by atoms with van der Waals surface area (Å²) in [6, 6.07) is 1.79. The van der Waals surface area contributed by atoms with Crippen LogP contribution in [0.25, 0.3) is 0 Å². The molecule has 1 unspecified atom stereocenters. The highest BCUT2D eigenvalue weighted by Gasteiger charge is 2.29. The first-order chi connectivity index (χ1) is 7.70. The highest BCUT2D eigenvalue weighted by molar-refractivity contribution is 5.82. The zero-order chi connectivity index (χ0) is 12.0. The third kappa shape index (κ3) is 3.19. The molecule has 1 heterocycles. The average Bonchev–Trinajstić information content (AvgIpc) is 2.40. The van der Waals surface area contributed by atoms with E-state index in [0.29, 0.717) is 13.2 Å². The van der Waals surface area contributed by atoms with Crippen LogP contribution >= 0.6 is 0 Å². The maximum atomic E-state index is 12.1. The molecule has 1 aliphatic heterocycles. The van der Waals surface area contributed by atoms with Gasteiger partial charge in [0.2, 0.25) is 5.91 Å². The second-order valence-electron chi connectivity index (χ2n) is 4.03. The molecule has 1 atom stereocenters. The predicted molar refractivity (Wildman–Crippen MR) is 59.7 cm³/mol. The van der Waals surface area contributed by atoms with Gasteiger partial charge in [-0.2, -0.15) is 5.26 Å². The zero-order valence-corrected chi connectivity index (χ0v) is 9.98. The molecule has 0 N–H and O–H groups in total. The Morgan fingerprint density at radius 2 is 2.31 bits per heavy atom. The Morgan fingerprint density at radius 1 is 1.56 bits per heavy atom. The van der Waals surface area contributed by atoms with Crippen molar-refractivity contribution in [3.8, 4) is 6.07 Å². The fourth-order valence-electron chi connectivity index (χ4n) is 1.93. The Kier molecular flexibility index (Phi) is 5.23. The Balaban J connectivity index is 2.66. The fourth-order valence-corrected chi connectivity index (χ4v) is 1.93. The van der Waals surface area contributed by atoms with Crippen LogP contribution in [0.2, 0.25) is 0 Å². The summed E-state index contributed by atoms with van der Waals surface area (Å²) >= 11 is 0. The van der Waals surface area contributed by atoms with Gasteiger partial charge in [0, 0.05) is 26.7 Å². The Hall–Kier alpha value is -1.12. The van der Waals surface area contributed by atoms with Crippen LogP contribution in [0.1, 0.15) is 12.8 Å². The van der Waals surface area contributed by atoms with E-state index in [-0.39, 0.29) is 18.4 Å². The molecule has 16 heavy (non-hydrogen) atoms. The second-order valence-corrected chi connectivity index (χ2v) is 4.03. The van der Waals surface area contributed by atoms with Crippen LogP contribution in [-0.4, -0.2) is 62.1 Å². The molecule has 0 saturated carbocycles. The molecule has 1 fully saturated rings. The number of hydrogen-bond acceptors (Lipinski definition) is 4. The molecule has 0 bridgehead atoms. The number of ether oxygens (including phenoxy) is 1. The zero-order valence-electron chi connectivity index (χ0n) is 9.98. The van der Waals surface area contributed by atoms with Gasteiger partial charge in [0.1, 0.15) is 6.04 Å². The van der Waals surface area contributed by atoms with Gasteiger partial charge in [-0.1, -0.05) is 0 Å². The first-order valence-electron chi connectivity index (χ1n) is 5.55. The van der Waals surface area contributed by atoms with Crippen LogP contribution in [-0.2, 0) is 9.53 Å². The molecule has 1 aliphatic rings. The van der Waals surface area contributed by atoms with E-state index in [0.717, 1.165) is 19.5 Å². The van der Waals surface area contributed by atoms with Crippen molar-refractivity contribution < 1.29 is 9.53 Å². The van der Waals surface area contributed by atoms with E-state index in [1.54, 1.807) is 12.0 Å². The Bertz CT molecular complexity index is 273. The monoisotopic (exact) mass is 225 g/mol. The van der Waals surface area contributed by atoms with Crippen molar-refractivity contribution in [3.63, 3.8) is 0 Å². The molecule has 90 valence electrons. The summed E-state index contributed by atoms with van der Waals surface area (Å²) in [5.74, 6) is 0.0543. The van der Waals surface area contributed by atoms with E-state index in [4.69, 9.17) is 10.00 Å². The summed E-state index contributed by atoms with van der Waals surface area (Å²) in [4.78, 5) is 15.9. The number of nitrogens with zero attached hydrogens (tertiary/aromatic N) is 3. The van der Waals surface area contributed by atoms with E-state index >= 15 is 0 Å². The standard InChI is InChI=1S/C11H19N3O2/c1-13-6-3-7-14(8-9-16-2)11(15)10(13)4-5-12/h10H,3-4,6-9H2,1-2H3. The molecule has 1 amide bonds. The van der Waals surface area contributed by atoms with E-state index in [2.05, 4.69) is 6.07 Å². The normalized spacial score (nSPS) is 22.9. The summed E-state index contributed by atoms with van der Waals surface area (Å²) in [6.07, 6.45) is 1.21. The lowest BCUT2D eigenvalue weighted by Gasteiger charge is -2.26. The van der Waals surface area contributed by atoms with Crippen LogP contribution in [0.4, 0.5) is 0 Å². The van der Waals surface area contributed by atoms with Crippen molar-refractivity contribution in [1.29, 1.82) is 5.26 Å². The molecule has 0 aromatic rings. The van der Waals surface area contributed by atoms with Gasteiger partial charge >= 0.3 is 0 Å². The van der Waals surface area contributed by atoms with E-state index in [9.17, 15) is 4.79 Å². The molecule has 0 aromatic carbocycles. The van der Waals surface area contributed by atoms with Crippen LogP contribution in [0.3, 0.4) is 0 Å². The topological polar surface area (TPSA) is 56.6 Å². The van der Waals surface area contributed by atoms with Gasteiger partial charge in [0.15, 0.2) is 0 Å². The van der Waals surface area contributed by atoms with Gasteiger partial charge in [-0.25, -0.2) is 0 Å². The number of carbonyl (C=O) groups excluding carboxylic acids is 1. The fraction of sp³-hybridized carbons (Fsp3) is 0.818. The predicted octanol–water partition coefficient (Wildman–Crippen LogP) is 0.0792. The lowest BCUT2D eigenvalue weighted by atomic mass is 10.2. The minimum atomic E-state index is -0.288. The third-order valence-corrected chi connectivity index (χ3v) is 2.92. The minimum absolute atomic E-state index is 0.0543. The summed E-state index contributed by atoms with van der Waals surface area (Å²) in [7, 11) is 3.53. The number of carbonyl (C=O) groups is 1. The largest absolute Gasteiger partial charge is 0.383 e. The highest BCUT2D eigenvalue weighted by atomic mass is 16.5. The Morgan fingerprint density at radius 3 is 2.94 bits per heavy atom. The molecule has 0 aliphatic carbocycles. The van der Waals surface area contributed by atoms with Gasteiger partial charge in [0.05, 0.1) is 19.1 Å². The summed E-state index contributed by atoms with van der Waals surface area (Å²) < 4.78 is 4.98. The molecule has 1 rings (SSSR count). The van der Waals surface area contributed by atoms with Gasteiger partial charge < -0.3 is 9.64 Å². The quantitative estimate of drug-likeness (QED) is 0.680. The van der Waals surface area contributed by atoms with Crippen molar-refractivity contribution in [1.82, 2.24) is 9.80 Å². The van der Waals surface area contributed by atoms with Crippen LogP contribution in [0.5, 0.6) is 0 Å². The maximum absolute atomic E-state index is 12.1. The summed E-state index contributed by atoms with van der Waals surface area (Å²) in [5, 5.41) is 8.74. The van der Waals surface area contributed by atoms with Gasteiger partial charge in [-0.05, 0) is 13.5 Å². The molecular weight excluding hydrogens is 206 g/mol. The average molecular weight is 225 g/mol. The molecular formula is C11H19N3O2. The Labute approximate surface area is 96.6 Å². The summed E-state index contributed by atoms with van der Waals surface area (Å²) in [5.41, 5.74) is 0. The number of nitriles is 1. The number of rotatable bonds is 4. The lowest BCUT2D eigenvalue weighted by Crippen LogP contribution is -2.45. The molecule has 0 spiro atoms. The number of methoxy groups -OCH3 is 1. The lowest BCUT2D eigenvalue weighted by molar-refractivity contribution is -0.135. The van der Waals surface area contributed by atoms with Crippen LogP contribution < -0.4 is 0 Å². The molecule has 0 radical (unpaired) electrons. The maximum Gasteiger partial charge on any atom is 0.241 e. The SMILES string of the molecule is COCCN1CCCN(C)C(CC#N)C1=O.